The number of aryl methyl sites for hydroxylation is 1. The van der Waals surface area contributed by atoms with Crippen LogP contribution < -0.4 is 5.73 Å². The second-order valence-electron chi connectivity index (χ2n) is 4.30. The molecule has 2 rings (SSSR count). The van der Waals surface area contributed by atoms with Gasteiger partial charge >= 0.3 is 0 Å². The maximum absolute atomic E-state index is 6.24. The van der Waals surface area contributed by atoms with Crippen molar-refractivity contribution in [3.05, 3.63) is 40.7 Å². The zero-order chi connectivity index (χ0) is 13.1. The predicted molar refractivity (Wildman–Crippen MR) is 74.2 cm³/mol. The van der Waals surface area contributed by atoms with Crippen molar-refractivity contribution in [3.8, 4) is 0 Å². The average molecular weight is 283 g/mol. The van der Waals surface area contributed by atoms with Gasteiger partial charge in [-0.15, -0.1) is 0 Å². The third-order valence-electron chi connectivity index (χ3n) is 2.35. The Labute approximate surface area is 116 Å². The van der Waals surface area contributed by atoms with Crippen molar-refractivity contribution in [1.82, 2.24) is 4.98 Å². The second kappa shape index (κ2) is 5.78. The van der Waals surface area contributed by atoms with Crippen molar-refractivity contribution >= 4 is 23.4 Å². The summed E-state index contributed by atoms with van der Waals surface area (Å²) in [6.45, 7) is 3.87. The van der Waals surface area contributed by atoms with Gasteiger partial charge < -0.3 is 10.2 Å². The lowest BCUT2D eigenvalue weighted by molar-refractivity contribution is 0.454. The largest absolute Gasteiger partial charge is 0.439 e. The maximum Gasteiger partial charge on any atom is 0.260 e. The van der Waals surface area contributed by atoms with Gasteiger partial charge in [-0.1, -0.05) is 17.7 Å². The summed E-state index contributed by atoms with van der Waals surface area (Å²) in [6, 6.07) is 6.09. The van der Waals surface area contributed by atoms with Gasteiger partial charge in [0, 0.05) is 10.9 Å². The molecule has 0 saturated heterocycles. The maximum atomic E-state index is 6.24. The highest BCUT2D eigenvalue weighted by atomic mass is 35.5. The minimum absolute atomic E-state index is 0.133. The van der Waals surface area contributed by atoms with Crippen LogP contribution in [0, 0.1) is 6.92 Å². The van der Waals surface area contributed by atoms with Gasteiger partial charge in [0.15, 0.2) is 0 Å². The van der Waals surface area contributed by atoms with Crippen LogP contribution in [0.25, 0.3) is 0 Å². The standard InChI is InChI=1S/C13H15ClN2OS/c1-8(15)5-10-3-4-12(11(14)6-10)18-13-16-9(2)7-17-13/h3-4,6-8H,5,15H2,1-2H3. The average Bonchev–Trinajstić information content (AvgIpc) is 2.67. The second-order valence-corrected chi connectivity index (χ2v) is 5.70. The fourth-order valence-electron chi connectivity index (χ4n) is 1.60. The van der Waals surface area contributed by atoms with Crippen LogP contribution in [0.2, 0.25) is 5.02 Å². The number of hydrogen-bond donors (Lipinski definition) is 1. The molecule has 0 aliphatic heterocycles. The van der Waals surface area contributed by atoms with Gasteiger partial charge in [0.05, 0.1) is 10.7 Å². The first kappa shape index (κ1) is 13.5. The SMILES string of the molecule is Cc1coc(Sc2ccc(CC(C)N)cc2Cl)n1. The molecule has 1 aromatic heterocycles. The van der Waals surface area contributed by atoms with Crippen molar-refractivity contribution in [2.75, 3.05) is 0 Å². The molecule has 0 amide bonds. The fraction of sp³-hybridized carbons (Fsp3) is 0.308. The smallest absolute Gasteiger partial charge is 0.260 e. The Kier molecular flexibility index (Phi) is 4.32. The first-order chi connectivity index (χ1) is 8.54. The number of nitrogens with two attached hydrogens (primary N) is 1. The van der Waals surface area contributed by atoms with E-state index < -0.39 is 0 Å². The predicted octanol–water partition coefficient (Wildman–Crippen LogP) is 3.68. The fourth-order valence-corrected chi connectivity index (χ4v) is 2.68. The Hall–Kier alpha value is -0.970. The monoisotopic (exact) mass is 282 g/mol. The molecule has 3 nitrogen and oxygen atoms in total. The summed E-state index contributed by atoms with van der Waals surface area (Å²) in [5.74, 6) is 0. The molecule has 0 saturated carbocycles. The molecular weight excluding hydrogens is 268 g/mol. The van der Waals surface area contributed by atoms with Crippen LogP contribution in [0.1, 0.15) is 18.2 Å². The van der Waals surface area contributed by atoms with Crippen LogP contribution in [0.4, 0.5) is 0 Å². The van der Waals surface area contributed by atoms with Gasteiger partial charge in [0.2, 0.25) is 0 Å². The van der Waals surface area contributed by atoms with E-state index in [9.17, 15) is 0 Å². The number of nitrogens with zero attached hydrogens (tertiary/aromatic N) is 1. The summed E-state index contributed by atoms with van der Waals surface area (Å²) in [6.07, 6.45) is 2.45. The number of rotatable bonds is 4. The molecule has 0 aliphatic carbocycles. The molecular formula is C13H15ClN2OS. The van der Waals surface area contributed by atoms with Gasteiger partial charge in [-0.3, -0.25) is 0 Å². The summed E-state index contributed by atoms with van der Waals surface area (Å²) in [7, 11) is 0. The Bertz CT molecular complexity index is 540. The quantitative estimate of drug-likeness (QED) is 0.929. The minimum Gasteiger partial charge on any atom is -0.439 e. The first-order valence-corrected chi connectivity index (χ1v) is 6.88. The number of halogens is 1. The lowest BCUT2D eigenvalue weighted by Gasteiger charge is -2.07. The number of oxazole rings is 1. The molecule has 1 unspecified atom stereocenters. The van der Waals surface area contributed by atoms with Gasteiger partial charge in [-0.25, -0.2) is 4.98 Å². The van der Waals surface area contributed by atoms with E-state index in [2.05, 4.69) is 4.98 Å². The van der Waals surface area contributed by atoms with E-state index in [0.717, 1.165) is 22.6 Å². The summed E-state index contributed by atoms with van der Waals surface area (Å²) in [5.41, 5.74) is 7.77. The Balaban J connectivity index is 2.14. The van der Waals surface area contributed by atoms with E-state index in [1.807, 2.05) is 32.0 Å². The van der Waals surface area contributed by atoms with Crippen molar-refractivity contribution in [2.24, 2.45) is 5.73 Å². The van der Waals surface area contributed by atoms with E-state index in [1.54, 1.807) is 6.26 Å². The molecule has 2 aromatic rings. The highest BCUT2D eigenvalue weighted by Crippen LogP contribution is 2.33. The number of benzene rings is 1. The number of aromatic nitrogens is 1. The normalized spacial score (nSPS) is 12.7. The van der Waals surface area contributed by atoms with Gasteiger partial charge in [0.25, 0.3) is 5.22 Å². The van der Waals surface area contributed by atoms with Crippen molar-refractivity contribution in [1.29, 1.82) is 0 Å². The molecule has 0 spiro atoms. The van der Waals surface area contributed by atoms with E-state index in [4.69, 9.17) is 21.8 Å². The lowest BCUT2D eigenvalue weighted by Crippen LogP contribution is -2.17. The number of hydrogen-bond acceptors (Lipinski definition) is 4. The first-order valence-electron chi connectivity index (χ1n) is 5.68. The summed E-state index contributed by atoms with van der Waals surface area (Å²) < 4.78 is 5.29. The zero-order valence-corrected chi connectivity index (χ0v) is 11.9. The molecule has 0 bridgehead atoms. The van der Waals surface area contributed by atoms with Crippen molar-refractivity contribution in [3.63, 3.8) is 0 Å². The lowest BCUT2D eigenvalue weighted by atomic mass is 10.1. The molecule has 18 heavy (non-hydrogen) atoms. The summed E-state index contributed by atoms with van der Waals surface area (Å²) in [4.78, 5) is 5.17. The zero-order valence-electron chi connectivity index (χ0n) is 10.3. The molecule has 1 heterocycles. The minimum atomic E-state index is 0.133. The highest BCUT2D eigenvalue weighted by molar-refractivity contribution is 7.99. The van der Waals surface area contributed by atoms with Gasteiger partial charge in [0.1, 0.15) is 6.26 Å². The molecule has 0 aliphatic rings. The van der Waals surface area contributed by atoms with Crippen LogP contribution in [0.3, 0.4) is 0 Å². The third-order valence-corrected chi connectivity index (χ3v) is 3.71. The van der Waals surface area contributed by atoms with E-state index in [-0.39, 0.29) is 6.04 Å². The van der Waals surface area contributed by atoms with E-state index in [1.165, 1.54) is 11.8 Å². The van der Waals surface area contributed by atoms with E-state index in [0.29, 0.717) is 10.2 Å². The molecule has 1 aromatic carbocycles. The summed E-state index contributed by atoms with van der Waals surface area (Å²) in [5, 5.41) is 1.31. The van der Waals surface area contributed by atoms with Crippen LogP contribution in [0.5, 0.6) is 0 Å². The molecule has 2 N–H and O–H groups in total. The van der Waals surface area contributed by atoms with Crippen molar-refractivity contribution in [2.45, 2.75) is 36.4 Å². The Morgan fingerprint density at radius 2 is 2.28 bits per heavy atom. The van der Waals surface area contributed by atoms with Crippen molar-refractivity contribution < 1.29 is 4.42 Å². The molecule has 0 radical (unpaired) electrons. The van der Waals surface area contributed by atoms with Crippen LogP contribution in [-0.4, -0.2) is 11.0 Å². The van der Waals surface area contributed by atoms with Crippen LogP contribution >= 0.6 is 23.4 Å². The molecule has 1 atom stereocenters. The van der Waals surface area contributed by atoms with E-state index >= 15 is 0 Å². The third kappa shape index (κ3) is 3.51. The molecule has 96 valence electrons. The van der Waals surface area contributed by atoms with Crippen LogP contribution in [-0.2, 0) is 6.42 Å². The summed E-state index contributed by atoms with van der Waals surface area (Å²) >= 11 is 7.66. The van der Waals surface area contributed by atoms with Crippen LogP contribution in [0.15, 0.2) is 39.0 Å². The van der Waals surface area contributed by atoms with Gasteiger partial charge in [-0.2, -0.15) is 0 Å². The molecule has 0 fully saturated rings. The Morgan fingerprint density at radius 1 is 1.50 bits per heavy atom. The Morgan fingerprint density at radius 3 is 2.83 bits per heavy atom. The highest BCUT2D eigenvalue weighted by Gasteiger charge is 2.08. The topological polar surface area (TPSA) is 52.0 Å². The molecule has 5 heteroatoms. The van der Waals surface area contributed by atoms with Gasteiger partial charge in [-0.05, 0) is 49.7 Å².